The molecular formula is C6H9F4N. The summed E-state index contributed by atoms with van der Waals surface area (Å²) in [6.07, 6.45) is -3.63. The molecule has 1 fully saturated rings. The maximum Gasteiger partial charge on any atom is 0.309 e. The van der Waals surface area contributed by atoms with Gasteiger partial charge in [-0.15, -0.1) is 0 Å². The number of hydrogen-bond donors (Lipinski definition) is 1. The van der Waals surface area contributed by atoms with Crippen molar-refractivity contribution in [2.45, 2.75) is 37.1 Å². The minimum Gasteiger partial charge on any atom is -0.325 e. The predicted octanol–water partition coefficient (Wildman–Crippen LogP) is 1.77. The molecule has 1 saturated carbocycles. The van der Waals surface area contributed by atoms with Gasteiger partial charge in [-0.2, -0.15) is 0 Å². The SMILES string of the molecule is NC1(CC(F)(F)C(F)F)CC1. The summed E-state index contributed by atoms with van der Waals surface area (Å²) < 4.78 is 47.6. The molecular weight excluding hydrogens is 162 g/mol. The van der Waals surface area contributed by atoms with Crippen LogP contribution in [-0.2, 0) is 0 Å². The zero-order valence-corrected chi connectivity index (χ0v) is 5.79. The van der Waals surface area contributed by atoms with Crippen LogP contribution < -0.4 is 5.73 Å². The van der Waals surface area contributed by atoms with E-state index in [2.05, 4.69) is 0 Å². The number of alkyl halides is 4. The second-order valence-corrected chi connectivity index (χ2v) is 3.10. The maximum atomic E-state index is 12.3. The summed E-state index contributed by atoms with van der Waals surface area (Å²) in [4.78, 5) is 0. The Morgan fingerprint density at radius 2 is 1.82 bits per heavy atom. The molecule has 5 heteroatoms. The lowest BCUT2D eigenvalue weighted by atomic mass is 10.1. The molecule has 0 aliphatic heterocycles. The zero-order valence-electron chi connectivity index (χ0n) is 5.79. The van der Waals surface area contributed by atoms with Gasteiger partial charge in [0.15, 0.2) is 0 Å². The highest BCUT2D eigenvalue weighted by molar-refractivity contribution is 5.02. The van der Waals surface area contributed by atoms with Crippen LogP contribution in [0.5, 0.6) is 0 Å². The van der Waals surface area contributed by atoms with E-state index in [1.807, 2.05) is 0 Å². The molecule has 66 valence electrons. The zero-order chi connectivity index (χ0) is 8.70. The quantitative estimate of drug-likeness (QED) is 0.643. The molecule has 0 atom stereocenters. The maximum absolute atomic E-state index is 12.3. The average molecular weight is 171 g/mol. The fourth-order valence-electron chi connectivity index (χ4n) is 0.884. The summed E-state index contributed by atoms with van der Waals surface area (Å²) >= 11 is 0. The lowest BCUT2D eigenvalue weighted by Crippen LogP contribution is -2.36. The predicted molar refractivity (Wildman–Crippen MR) is 31.7 cm³/mol. The van der Waals surface area contributed by atoms with Crippen molar-refractivity contribution in [3.05, 3.63) is 0 Å². The molecule has 0 amide bonds. The standard InChI is InChI=1S/C6H9F4N/c7-4(8)6(9,10)3-5(11)1-2-5/h4H,1-3,11H2. The normalized spacial score (nSPS) is 22.4. The third-order valence-electron chi connectivity index (χ3n) is 1.80. The molecule has 11 heavy (non-hydrogen) atoms. The van der Waals surface area contributed by atoms with Crippen LogP contribution in [0.2, 0.25) is 0 Å². The average Bonchev–Trinajstić information content (AvgIpc) is 2.45. The van der Waals surface area contributed by atoms with E-state index < -0.39 is 24.3 Å². The van der Waals surface area contributed by atoms with Crippen LogP contribution in [0, 0.1) is 0 Å². The van der Waals surface area contributed by atoms with Gasteiger partial charge < -0.3 is 5.73 Å². The van der Waals surface area contributed by atoms with Crippen molar-refractivity contribution in [1.82, 2.24) is 0 Å². The molecule has 0 aromatic rings. The molecule has 0 bridgehead atoms. The van der Waals surface area contributed by atoms with Crippen LogP contribution in [-0.4, -0.2) is 17.9 Å². The first-order valence-electron chi connectivity index (χ1n) is 3.31. The van der Waals surface area contributed by atoms with Crippen LogP contribution in [0.3, 0.4) is 0 Å². The van der Waals surface area contributed by atoms with Crippen molar-refractivity contribution in [3.63, 3.8) is 0 Å². The van der Waals surface area contributed by atoms with E-state index in [4.69, 9.17) is 5.73 Å². The van der Waals surface area contributed by atoms with Crippen molar-refractivity contribution in [2.75, 3.05) is 0 Å². The molecule has 0 saturated heterocycles. The van der Waals surface area contributed by atoms with Crippen LogP contribution in [0.1, 0.15) is 19.3 Å². The summed E-state index contributed by atoms with van der Waals surface area (Å²) in [5.74, 6) is -3.91. The molecule has 1 aliphatic rings. The molecule has 1 aliphatic carbocycles. The van der Waals surface area contributed by atoms with E-state index >= 15 is 0 Å². The Hall–Kier alpha value is -0.320. The molecule has 0 heterocycles. The highest BCUT2D eigenvalue weighted by atomic mass is 19.3. The van der Waals surface area contributed by atoms with Crippen molar-refractivity contribution in [1.29, 1.82) is 0 Å². The van der Waals surface area contributed by atoms with Crippen molar-refractivity contribution in [3.8, 4) is 0 Å². The van der Waals surface area contributed by atoms with Gasteiger partial charge in [0.2, 0.25) is 0 Å². The van der Waals surface area contributed by atoms with Gasteiger partial charge >= 0.3 is 12.3 Å². The lowest BCUT2D eigenvalue weighted by Gasteiger charge is -2.18. The third-order valence-corrected chi connectivity index (χ3v) is 1.80. The Labute approximate surface area is 61.6 Å². The molecule has 1 nitrogen and oxygen atoms in total. The smallest absolute Gasteiger partial charge is 0.309 e. The van der Waals surface area contributed by atoms with Gasteiger partial charge in [-0.05, 0) is 12.8 Å². The lowest BCUT2D eigenvalue weighted by molar-refractivity contribution is -0.137. The summed E-state index contributed by atoms with van der Waals surface area (Å²) in [6, 6.07) is 0. The fraction of sp³-hybridized carbons (Fsp3) is 1.00. The Morgan fingerprint density at radius 3 is 2.09 bits per heavy atom. The Bertz CT molecular complexity index is 153. The number of nitrogens with two attached hydrogens (primary N) is 1. The van der Waals surface area contributed by atoms with Gasteiger partial charge in [-0.3, -0.25) is 0 Å². The van der Waals surface area contributed by atoms with E-state index in [1.165, 1.54) is 0 Å². The third kappa shape index (κ3) is 2.05. The molecule has 2 N–H and O–H groups in total. The van der Waals surface area contributed by atoms with Gasteiger partial charge in [-0.1, -0.05) is 0 Å². The van der Waals surface area contributed by atoms with Crippen molar-refractivity contribution >= 4 is 0 Å². The molecule has 0 aromatic carbocycles. The Morgan fingerprint density at radius 1 is 1.36 bits per heavy atom. The van der Waals surface area contributed by atoms with E-state index in [0.717, 1.165) is 0 Å². The van der Waals surface area contributed by atoms with Gasteiger partial charge in [0.1, 0.15) is 0 Å². The first-order valence-corrected chi connectivity index (χ1v) is 3.31. The molecule has 0 aromatic heterocycles. The van der Waals surface area contributed by atoms with Crippen molar-refractivity contribution in [2.24, 2.45) is 5.73 Å². The second kappa shape index (κ2) is 2.33. The molecule has 0 radical (unpaired) electrons. The Balaban J connectivity index is 2.46. The van der Waals surface area contributed by atoms with E-state index in [1.54, 1.807) is 0 Å². The summed E-state index contributed by atoms with van der Waals surface area (Å²) in [6.45, 7) is 0. The molecule has 1 rings (SSSR count). The van der Waals surface area contributed by atoms with E-state index in [9.17, 15) is 17.6 Å². The Kier molecular flexibility index (Phi) is 1.86. The van der Waals surface area contributed by atoms with Crippen LogP contribution in [0.4, 0.5) is 17.6 Å². The van der Waals surface area contributed by atoms with Crippen LogP contribution in [0.15, 0.2) is 0 Å². The highest BCUT2D eigenvalue weighted by Gasteiger charge is 2.51. The number of halogens is 4. The first kappa shape index (κ1) is 8.77. The molecule has 0 unspecified atom stereocenters. The topological polar surface area (TPSA) is 26.0 Å². The van der Waals surface area contributed by atoms with Gasteiger partial charge in [0, 0.05) is 12.0 Å². The minimum atomic E-state index is -3.91. The van der Waals surface area contributed by atoms with E-state index in [0.29, 0.717) is 12.8 Å². The summed E-state index contributed by atoms with van der Waals surface area (Å²) in [5.41, 5.74) is 4.24. The molecule has 0 spiro atoms. The largest absolute Gasteiger partial charge is 0.325 e. The van der Waals surface area contributed by atoms with Gasteiger partial charge in [-0.25, -0.2) is 17.6 Å². The number of hydrogen-bond acceptors (Lipinski definition) is 1. The van der Waals surface area contributed by atoms with Crippen LogP contribution in [0.25, 0.3) is 0 Å². The summed E-state index contributed by atoms with van der Waals surface area (Å²) in [7, 11) is 0. The van der Waals surface area contributed by atoms with E-state index in [-0.39, 0.29) is 0 Å². The second-order valence-electron chi connectivity index (χ2n) is 3.10. The van der Waals surface area contributed by atoms with Gasteiger partial charge in [0.05, 0.1) is 0 Å². The summed E-state index contributed by atoms with van der Waals surface area (Å²) in [5, 5.41) is 0. The van der Waals surface area contributed by atoms with Crippen LogP contribution >= 0.6 is 0 Å². The fourth-order valence-corrected chi connectivity index (χ4v) is 0.884. The first-order chi connectivity index (χ1) is 4.86. The minimum absolute atomic E-state index is 0.426. The highest BCUT2D eigenvalue weighted by Crippen LogP contribution is 2.43. The van der Waals surface area contributed by atoms with Crippen molar-refractivity contribution < 1.29 is 17.6 Å². The monoisotopic (exact) mass is 171 g/mol. The number of rotatable bonds is 3. The van der Waals surface area contributed by atoms with Gasteiger partial charge in [0.25, 0.3) is 0 Å².